The van der Waals surface area contributed by atoms with Gasteiger partial charge in [0, 0.05) is 57.3 Å². The first-order valence-corrected chi connectivity index (χ1v) is 10.4. The molecule has 2 amide bonds. The molecule has 5 nitrogen and oxygen atoms in total. The largest absolute Gasteiger partial charge is 0.368 e. The number of nitrogens with zero attached hydrogens (tertiary/aromatic N) is 3. The fourth-order valence-electron chi connectivity index (χ4n) is 4.25. The molecule has 148 valence electrons. The average molecular weight is 372 g/mol. The van der Waals surface area contributed by atoms with Crippen LogP contribution in [-0.4, -0.2) is 60.9 Å². The Hall–Kier alpha value is -2.04. The summed E-state index contributed by atoms with van der Waals surface area (Å²) in [7, 11) is 0. The number of anilines is 1. The molecule has 0 aromatic heterocycles. The third-order valence-corrected chi connectivity index (χ3v) is 6.17. The molecule has 27 heavy (non-hydrogen) atoms. The molecule has 0 radical (unpaired) electrons. The number of hydrogen-bond donors (Lipinski definition) is 0. The number of likely N-dealkylation sites (tertiary alicyclic amines) is 1. The van der Waals surface area contributed by atoms with Crippen molar-refractivity contribution in [1.82, 2.24) is 9.80 Å². The fourth-order valence-corrected chi connectivity index (χ4v) is 4.25. The van der Waals surface area contributed by atoms with Gasteiger partial charge in [-0.05, 0) is 50.3 Å². The summed E-state index contributed by atoms with van der Waals surface area (Å²) in [6.07, 6.45) is 3.14. The van der Waals surface area contributed by atoms with Gasteiger partial charge in [0.1, 0.15) is 0 Å². The summed E-state index contributed by atoms with van der Waals surface area (Å²) >= 11 is 0. The highest BCUT2D eigenvalue weighted by atomic mass is 16.2. The molecular weight excluding hydrogens is 338 g/mol. The molecular formula is C22H33N3O2. The van der Waals surface area contributed by atoms with Crippen molar-refractivity contribution in [2.75, 3.05) is 44.2 Å². The quantitative estimate of drug-likeness (QED) is 0.817. The minimum atomic E-state index is 0.0860. The lowest BCUT2D eigenvalue weighted by atomic mass is 9.94. The minimum Gasteiger partial charge on any atom is -0.368 e. The summed E-state index contributed by atoms with van der Waals surface area (Å²) < 4.78 is 0. The van der Waals surface area contributed by atoms with Crippen LogP contribution in [0.5, 0.6) is 0 Å². The molecule has 3 rings (SSSR count). The lowest BCUT2D eigenvalue weighted by molar-refractivity contribution is -0.141. The Labute approximate surface area is 163 Å². The molecule has 1 aromatic carbocycles. The summed E-state index contributed by atoms with van der Waals surface area (Å²) in [5.41, 5.74) is 3.95. The Bertz CT molecular complexity index is 672. The third kappa shape index (κ3) is 4.45. The summed E-state index contributed by atoms with van der Waals surface area (Å²) in [5, 5.41) is 0. The predicted molar refractivity (Wildman–Crippen MR) is 109 cm³/mol. The van der Waals surface area contributed by atoms with Crippen molar-refractivity contribution in [1.29, 1.82) is 0 Å². The zero-order valence-electron chi connectivity index (χ0n) is 17.0. The van der Waals surface area contributed by atoms with Gasteiger partial charge in [0.15, 0.2) is 0 Å². The van der Waals surface area contributed by atoms with E-state index in [1.165, 1.54) is 16.8 Å². The van der Waals surface area contributed by atoms with E-state index in [2.05, 4.69) is 36.9 Å². The maximum absolute atomic E-state index is 12.9. The summed E-state index contributed by atoms with van der Waals surface area (Å²) in [4.78, 5) is 31.3. The number of piperazine rings is 1. The number of rotatable bonds is 4. The second-order valence-electron chi connectivity index (χ2n) is 7.94. The molecule has 2 saturated heterocycles. The van der Waals surface area contributed by atoms with Gasteiger partial charge in [0.2, 0.25) is 11.8 Å². The van der Waals surface area contributed by atoms with Crippen LogP contribution in [0.3, 0.4) is 0 Å². The molecule has 5 heteroatoms. The van der Waals surface area contributed by atoms with Gasteiger partial charge < -0.3 is 14.7 Å². The van der Waals surface area contributed by atoms with Crippen molar-refractivity contribution >= 4 is 17.5 Å². The van der Waals surface area contributed by atoms with Crippen molar-refractivity contribution in [3.8, 4) is 0 Å². The molecule has 2 fully saturated rings. The summed E-state index contributed by atoms with van der Waals surface area (Å²) in [5.74, 6) is 0.617. The Morgan fingerprint density at radius 3 is 2.26 bits per heavy atom. The van der Waals surface area contributed by atoms with Crippen molar-refractivity contribution < 1.29 is 9.59 Å². The molecule has 0 N–H and O–H groups in total. The number of aryl methyl sites for hydroxylation is 1. The first-order valence-electron chi connectivity index (χ1n) is 10.4. The second kappa shape index (κ2) is 8.77. The Balaban J connectivity index is 1.51. The first kappa shape index (κ1) is 19.7. The molecule has 0 spiro atoms. The number of carbonyl (C=O) groups is 2. The number of piperidine rings is 1. The molecule has 0 atom stereocenters. The van der Waals surface area contributed by atoms with Crippen LogP contribution in [-0.2, 0) is 9.59 Å². The number of amides is 2. The lowest BCUT2D eigenvalue weighted by Gasteiger charge is -2.40. The van der Waals surface area contributed by atoms with Gasteiger partial charge in [0.05, 0.1) is 0 Å². The highest BCUT2D eigenvalue weighted by Crippen LogP contribution is 2.25. The highest BCUT2D eigenvalue weighted by molar-refractivity contribution is 5.80. The van der Waals surface area contributed by atoms with Gasteiger partial charge in [0.25, 0.3) is 0 Å². The van der Waals surface area contributed by atoms with Gasteiger partial charge in [-0.3, -0.25) is 9.59 Å². The molecule has 1 aromatic rings. The van der Waals surface area contributed by atoms with Crippen LogP contribution in [0.25, 0.3) is 0 Å². The van der Waals surface area contributed by atoms with Crippen LogP contribution in [0.1, 0.15) is 43.7 Å². The molecule has 2 aliphatic rings. The maximum atomic E-state index is 12.9. The van der Waals surface area contributed by atoms with Gasteiger partial charge >= 0.3 is 0 Å². The molecule has 0 aliphatic carbocycles. The van der Waals surface area contributed by atoms with Crippen molar-refractivity contribution in [3.05, 3.63) is 29.3 Å². The number of benzene rings is 1. The minimum absolute atomic E-state index is 0.0860. The Kier molecular flexibility index (Phi) is 6.40. The standard InChI is InChI=1S/C22H33N3O2/c1-4-6-21(26)24-11-9-19(10-12-24)22(27)25-15-13-23(14-16-25)20-8-5-7-17(2)18(20)3/h5,7-8,19H,4,6,9-16H2,1-3H3. The average Bonchev–Trinajstić information content (AvgIpc) is 2.70. The van der Waals surface area contributed by atoms with Crippen LogP contribution < -0.4 is 4.90 Å². The van der Waals surface area contributed by atoms with Crippen molar-refractivity contribution in [2.45, 2.75) is 46.5 Å². The number of hydrogen-bond acceptors (Lipinski definition) is 3. The maximum Gasteiger partial charge on any atom is 0.225 e. The van der Waals surface area contributed by atoms with E-state index < -0.39 is 0 Å². The van der Waals surface area contributed by atoms with Crippen molar-refractivity contribution in [3.63, 3.8) is 0 Å². The van der Waals surface area contributed by atoms with Crippen molar-refractivity contribution in [2.24, 2.45) is 5.92 Å². The van der Waals surface area contributed by atoms with Gasteiger partial charge in [-0.25, -0.2) is 0 Å². The normalized spacial score (nSPS) is 18.7. The SMILES string of the molecule is CCCC(=O)N1CCC(C(=O)N2CCN(c3cccc(C)c3C)CC2)CC1. The predicted octanol–water partition coefficient (Wildman–Crippen LogP) is 2.99. The fraction of sp³-hybridized carbons (Fsp3) is 0.636. The first-order chi connectivity index (χ1) is 13.0. The molecule has 2 heterocycles. The topological polar surface area (TPSA) is 43.9 Å². The third-order valence-electron chi connectivity index (χ3n) is 6.17. The van der Waals surface area contributed by atoms with E-state index in [0.717, 1.165) is 58.5 Å². The zero-order valence-corrected chi connectivity index (χ0v) is 17.0. The molecule has 0 unspecified atom stereocenters. The van der Waals surface area contributed by atoms with E-state index in [-0.39, 0.29) is 11.8 Å². The Morgan fingerprint density at radius 2 is 1.63 bits per heavy atom. The van der Waals surface area contributed by atoms with Crippen LogP contribution in [0.2, 0.25) is 0 Å². The van der Waals surface area contributed by atoms with Gasteiger partial charge in [-0.1, -0.05) is 19.1 Å². The summed E-state index contributed by atoms with van der Waals surface area (Å²) in [6, 6.07) is 6.45. The highest BCUT2D eigenvalue weighted by Gasteiger charge is 2.31. The lowest BCUT2D eigenvalue weighted by Crippen LogP contribution is -2.52. The second-order valence-corrected chi connectivity index (χ2v) is 7.94. The monoisotopic (exact) mass is 371 g/mol. The molecule has 0 bridgehead atoms. The zero-order chi connectivity index (χ0) is 19.4. The van der Waals surface area contributed by atoms with E-state index in [1.54, 1.807) is 0 Å². The smallest absolute Gasteiger partial charge is 0.225 e. The van der Waals surface area contributed by atoms with E-state index in [0.29, 0.717) is 12.3 Å². The van der Waals surface area contributed by atoms with E-state index >= 15 is 0 Å². The van der Waals surface area contributed by atoms with Crippen LogP contribution >= 0.6 is 0 Å². The van der Waals surface area contributed by atoms with Crippen LogP contribution in [0, 0.1) is 19.8 Å². The molecule has 0 saturated carbocycles. The van der Waals surface area contributed by atoms with Gasteiger partial charge in [-0.15, -0.1) is 0 Å². The van der Waals surface area contributed by atoms with Gasteiger partial charge in [-0.2, -0.15) is 0 Å². The number of carbonyl (C=O) groups excluding carboxylic acids is 2. The van der Waals surface area contributed by atoms with E-state index in [4.69, 9.17) is 0 Å². The molecule has 2 aliphatic heterocycles. The van der Waals surface area contributed by atoms with E-state index in [1.807, 2.05) is 16.7 Å². The van der Waals surface area contributed by atoms with Crippen LogP contribution in [0.4, 0.5) is 5.69 Å². The van der Waals surface area contributed by atoms with Crippen LogP contribution in [0.15, 0.2) is 18.2 Å². The van der Waals surface area contributed by atoms with E-state index in [9.17, 15) is 9.59 Å². The summed E-state index contributed by atoms with van der Waals surface area (Å²) in [6.45, 7) is 11.2. The Morgan fingerprint density at radius 1 is 0.963 bits per heavy atom.